The Morgan fingerprint density at radius 3 is 2.25 bits per heavy atom. The van der Waals surface area contributed by atoms with Crippen LogP contribution in [0.25, 0.3) is 0 Å². The Morgan fingerprint density at radius 2 is 1.81 bits per heavy atom. The van der Waals surface area contributed by atoms with Crippen molar-refractivity contribution in [3.63, 3.8) is 0 Å². The third-order valence-electron chi connectivity index (χ3n) is 2.51. The summed E-state index contributed by atoms with van der Waals surface area (Å²) in [6.45, 7) is 5.47. The van der Waals surface area contributed by atoms with Crippen LogP contribution in [0.5, 0.6) is 0 Å². The Balaban J connectivity index is 4.09. The second-order valence-electron chi connectivity index (χ2n) is 3.91. The minimum atomic E-state index is -0.526. The lowest BCUT2D eigenvalue weighted by Gasteiger charge is -2.23. The van der Waals surface area contributed by atoms with Crippen LogP contribution >= 0.6 is 0 Å². The maximum atomic E-state index is 11.5. The van der Waals surface area contributed by atoms with Gasteiger partial charge < -0.3 is 15.7 Å². The minimum absolute atomic E-state index is 0.00422. The summed E-state index contributed by atoms with van der Waals surface area (Å²) in [5.41, 5.74) is 0. The third kappa shape index (κ3) is 5.09. The summed E-state index contributed by atoms with van der Waals surface area (Å²) in [6, 6.07) is -1.02. The van der Waals surface area contributed by atoms with Crippen LogP contribution in [0.4, 0.5) is 4.79 Å². The van der Waals surface area contributed by atoms with Crippen molar-refractivity contribution < 1.29 is 14.7 Å². The van der Waals surface area contributed by atoms with E-state index in [9.17, 15) is 9.59 Å². The number of rotatable bonds is 5. The fourth-order valence-corrected chi connectivity index (χ4v) is 1.08. The number of imide groups is 1. The summed E-state index contributed by atoms with van der Waals surface area (Å²) in [5, 5.41) is 16.4. The molecule has 6 heteroatoms. The fraction of sp³-hybridized carbons (Fsp3) is 0.800. The summed E-state index contributed by atoms with van der Waals surface area (Å²) in [5.74, 6) is -0.341. The first-order valence-electron chi connectivity index (χ1n) is 5.31. The van der Waals surface area contributed by atoms with Gasteiger partial charge in [-0.05, 0) is 19.8 Å². The molecule has 0 aliphatic rings. The molecule has 0 saturated heterocycles. The molecule has 16 heavy (non-hydrogen) atoms. The zero-order valence-corrected chi connectivity index (χ0v) is 10.2. The van der Waals surface area contributed by atoms with Crippen molar-refractivity contribution in [3.05, 3.63) is 0 Å². The number of urea groups is 1. The Bertz CT molecular complexity index is 245. The van der Waals surface area contributed by atoms with Gasteiger partial charge in [0.05, 0.1) is 6.04 Å². The summed E-state index contributed by atoms with van der Waals surface area (Å²) in [6.07, 6.45) is 0. The number of aliphatic hydroxyl groups is 1. The van der Waals surface area contributed by atoms with Crippen LogP contribution in [0.15, 0.2) is 0 Å². The lowest BCUT2D eigenvalue weighted by atomic mass is 10.0. The number of nitrogens with one attached hydrogen (secondary N) is 3. The number of hydrogen-bond acceptors (Lipinski definition) is 4. The highest BCUT2D eigenvalue weighted by Gasteiger charge is 2.19. The normalized spacial score (nSPS) is 16.1. The number of amides is 3. The van der Waals surface area contributed by atoms with Crippen molar-refractivity contribution in [2.45, 2.75) is 32.9 Å². The molecule has 3 unspecified atom stereocenters. The average molecular weight is 231 g/mol. The van der Waals surface area contributed by atoms with E-state index in [1.165, 1.54) is 7.05 Å². The zero-order chi connectivity index (χ0) is 12.7. The van der Waals surface area contributed by atoms with E-state index in [0.29, 0.717) is 0 Å². The van der Waals surface area contributed by atoms with E-state index in [4.69, 9.17) is 5.11 Å². The minimum Gasteiger partial charge on any atom is -0.396 e. The van der Waals surface area contributed by atoms with Gasteiger partial charge in [-0.3, -0.25) is 10.1 Å². The van der Waals surface area contributed by atoms with Crippen LogP contribution in [0, 0.1) is 5.92 Å². The Labute approximate surface area is 95.8 Å². The highest BCUT2D eigenvalue weighted by atomic mass is 16.3. The molecule has 4 N–H and O–H groups in total. The van der Waals surface area contributed by atoms with Crippen LogP contribution < -0.4 is 16.0 Å². The van der Waals surface area contributed by atoms with Crippen molar-refractivity contribution in [2.75, 3.05) is 13.7 Å². The van der Waals surface area contributed by atoms with Gasteiger partial charge >= 0.3 is 6.03 Å². The maximum Gasteiger partial charge on any atom is 0.321 e. The van der Waals surface area contributed by atoms with Crippen molar-refractivity contribution in [1.29, 1.82) is 0 Å². The van der Waals surface area contributed by atoms with E-state index in [-0.39, 0.29) is 18.6 Å². The second-order valence-corrected chi connectivity index (χ2v) is 3.91. The molecule has 94 valence electrons. The lowest BCUT2D eigenvalue weighted by molar-refractivity contribution is -0.121. The Kier molecular flexibility index (Phi) is 6.67. The van der Waals surface area contributed by atoms with Gasteiger partial charge in [-0.25, -0.2) is 4.79 Å². The molecule has 0 rings (SSSR count). The van der Waals surface area contributed by atoms with E-state index >= 15 is 0 Å². The molecule has 0 aromatic carbocycles. The van der Waals surface area contributed by atoms with Crippen LogP contribution in [0.3, 0.4) is 0 Å². The predicted octanol–water partition coefficient (Wildman–Crippen LogP) is -0.563. The second kappa shape index (κ2) is 7.19. The summed E-state index contributed by atoms with van der Waals surface area (Å²) in [7, 11) is 1.44. The first kappa shape index (κ1) is 14.9. The van der Waals surface area contributed by atoms with Crippen LogP contribution in [0.1, 0.15) is 20.8 Å². The van der Waals surface area contributed by atoms with E-state index in [1.54, 1.807) is 6.92 Å². The van der Waals surface area contributed by atoms with Crippen molar-refractivity contribution in [3.8, 4) is 0 Å². The molecule has 0 aromatic heterocycles. The summed E-state index contributed by atoms with van der Waals surface area (Å²) >= 11 is 0. The smallest absolute Gasteiger partial charge is 0.321 e. The molecule has 0 bridgehead atoms. The van der Waals surface area contributed by atoms with Crippen LogP contribution in [-0.4, -0.2) is 42.8 Å². The van der Waals surface area contributed by atoms with Crippen LogP contribution in [-0.2, 0) is 4.79 Å². The van der Waals surface area contributed by atoms with E-state index in [0.717, 1.165) is 0 Å². The number of hydrogen-bond donors (Lipinski definition) is 4. The van der Waals surface area contributed by atoms with Crippen molar-refractivity contribution >= 4 is 11.9 Å². The van der Waals surface area contributed by atoms with E-state index in [1.807, 2.05) is 13.8 Å². The van der Waals surface area contributed by atoms with Gasteiger partial charge in [0, 0.05) is 19.7 Å². The predicted molar refractivity (Wildman–Crippen MR) is 60.9 cm³/mol. The highest BCUT2D eigenvalue weighted by Crippen LogP contribution is 2.01. The van der Waals surface area contributed by atoms with Gasteiger partial charge in [0.1, 0.15) is 0 Å². The standard InChI is InChI=1S/C10H21N3O3/c1-6(5-14)7(2)12-8(3)9(15)13-10(16)11-4/h6-8,12,14H,5H2,1-4H3,(H2,11,13,15,16). The zero-order valence-electron chi connectivity index (χ0n) is 10.2. The molecule has 0 aliphatic heterocycles. The summed E-state index contributed by atoms with van der Waals surface area (Å²) in [4.78, 5) is 22.4. The van der Waals surface area contributed by atoms with E-state index < -0.39 is 18.0 Å². The molecule has 0 heterocycles. The first-order valence-corrected chi connectivity index (χ1v) is 5.31. The molecule has 0 spiro atoms. The topological polar surface area (TPSA) is 90.5 Å². The highest BCUT2D eigenvalue weighted by molar-refractivity contribution is 5.96. The number of carbonyl (C=O) groups is 2. The molecule has 0 aliphatic carbocycles. The van der Waals surface area contributed by atoms with Crippen molar-refractivity contribution in [2.24, 2.45) is 5.92 Å². The lowest BCUT2D eigenvalue weighted by Crippen LogP contribution is -2.50. The maximum absolute atomic E-state index is 11.5. The SMILES string of the molecule is CNC(=O)NC(=O)C(C)NC(C)C(C)CO. The van der Waals surface area contributed by atoms with Gasteiger partial charge in [0.2, 0.25) is 5.91 Å². The van der Waals surface area contributed by atoms with Gasteiger partial charge in [-0.15, -0.1) is 0 Å². The Hall–Kier alpha value is -1.14. The van der Waals surface area contributed by atoms with Gasteiger partial charge in [0.15, 0.2) is 0 Å². The third-order valence-corrected chi connectivity index (χ3v) is 2.51. The molecule has 3 amide bonds. The quantitative estimate of drug-likeness (QED) is 0.510. The van der Waals surface area contributed by atoms with Crippen molar-refractivity contribution in [1.82, 2.24) is 16.0 Å². The largest absolute Gasteiger partial charge is 0.396 e. The number of aliphatic hydroxyl groups excluding tert-OH is 1. The monoisotopic (exact) mass is 231 g/mol. The molecule has 0 fully saturated rings. The van der Waals surface area contributed by atoms with Gasteiger partial charge in [-0.2, -0.15) is 0 Å². The fourth-order valence-electron chi connectivity index (χ4n) is 1.08. The molecule has 0 saturated carbocycles. The number of carbonyl (C=O) groups excluding carboxylic acids is 2. The molecule has 6 nitrogen and oxygen atoms in total. The molecular formula is C10H21N3O3. The van der Waals surface area contributed by atoms with Crippen LogP contribution in [0.2, 0.25) is 0 Å². The molecule has 0 radical (unpaired) electrons. The summed E-state index contributed by atoms with van der Waals surface area (Å²) < 4.78 is 0. The molecular weight excluding hydrogens is 210 g/mol. The van der Waals surface area contributed by atoms with Gasteiger partial charge in [0.25, 0.3) is 0 Å². The van der Waals surface area contributed by atoms with Gasteiger partial charge in [-0.1, -0.05) is 6.92 Å². The average Bonchev–Trinajstić information content (AvgIpc) is 2.27. The first-order chi connectivity index (χ1) is 7.42. The Morgan fingerprint density at radius 1 is 1.25 bits per heavy atom. The molecule has 3 atom stereocenters. The van der Waals surface area contributed by atoms with E-state index in [2.05, 4.69) is 16.0 Å². The molecule has 0 aromatic rings.